The fourth-order valence-electron chi connectivity index (χ4n) is 8.16. The van der Waals surface area contributed by atoms with Crippen LogP contribution in [0.5, 0.6) is 5.75 Å². The monoisotopic (exact) mass is 1010 g/mol. The molecule has 2 heterocycles. The third-order valence-corrected chi connectivity index (χ3v) is 11.9. The molecule has 0 atom stereocenters. The Kier molecular flexibility index (Phi) is 11.8. The van der Waals surface area contributed by atoms with Crippen LogP contribution in [0.4, 0.5) is 0 Å². The molecule has 0 bridgehead atoms. The Hall–Kier alpha value is -5.57. The Morgan fingerprint density at radius 1 is 0.540 bits per heavy atom. The van der Waals surface area contributed by atoms with Gasteiger partial charge in [0.15, 0.2) is 0 Å². The van der Waals surface area contributed by atoms with Gasteiger partial charge in [0.25, 0.3) is 0 Å². The average Bonchev–Trinajstić information content (AvgIpc) is 3.61. The van der Waals surface area contributed by atoms with E-state index in [4.69, 9.17) is 9.97 Å². The van der Waals surface area contributed by atoms with Crippen molar-refractivity contribution in [1.29, 1.82) is 0 Å². The van der Waals surface area contributed by atoms with Gasteiger partial charge in [-0.3, -0.25) is 9.55 Å². The van der Waals surface area contributed by atoms with Crippen LogP contribution < -0.4 is 0 Å². The molecule has 0 unspecified atom stereocenters. The normalized spacial score (nSPS) is 12.6. The standard InChI is InChI=1S/C58H60N3O.Pt/c1-55(2,3)42-26-27-50(46(34-42)38-22-17-14-18-23-38)61-51-25-19-24-45(52(51)60-54(61)47-35-44(57(7,8)9)36-48(53(47)62)58(10,11)12)40-30-41(32-43(31-40)56(4,5)6)49-33-39(28-29-59-49)37-20-15-13-16-21-37;/h13-29,31-36,62H,1-12H3;/q-1;/i35D;. The minimum Gasteiger partial charge on any atom is -0.507 e. The summed E-state index contributed by atoms with van der Waals surface area (Å²) < 4.78 is 12.1. The average molecular weight is 1010 g/mol. The molecule has 0 saturated heterocycles. The van der Waals surface area contributed by atoms with E-state index in [1.54, 1.807) is 0 Å². The number of aromatic nitrogens is 3. The molecule has 5 heteroatoms. The van der Waals surface area contributed by atoms with Crippen molar-refractivity contribution in [3.63, 3.8) is 0 Å². The molecular weight excluding hydrogens is 950 g/mol. The first-order valence-electron chi connectivity index (χ1n) is 22.3. The predicted octanol–water partition coefficient (Wildman–Crippen LogP) is 15.4. The molecule has 0 fully saturated rings. The molecule has 8 rings (SSSR count). The maximum atomic E-state index is 12.6. The van der Waals surface area contributed by atoms with Gasteiger partial charge < -0.3 is 5.11 Å². The van der Waals surface area contributed by atoms with Crippen LogP contribution in [0.15, 0.2) is 140 Å². The van der Waals surface area contributed by atoms with E-state index in [1.165, 1.54) is 5.56 Å². The van der Waals surface area contributed by atoms with Crippen LogP contribution in [0.25, 0.3) is 72.7 Å². The van der Waals surface area contributed by atoms with Crippen molar-refractivity contribution < 1.29 is 27.5 Å². The molecule has 0 radical (unpaired) electrons. The van der Waals surface area contributed by atoms with Crippen LogP contribution in [0, 0.1) is 6.07 Å². The first-order valence-corrected chi connectivity index (χ1v) is 21.8. The van der Waals surface area contributed by atoms with Crippen molar-refractivity contribution in [3.05, 3.63) is 168 Å². The number of imidazole rings is 1. The number of phenols is 1. The van der Waals surface area contributed by atoms with E-state index in [1.807, 2.05) is 24.4 Å². The molecule has 0 aliphatic heterocycles. The van der Waals surface area contributed by atoms with Gasteiger partial charge in [-0.2, -0.15) is 0 Å². The summed E-state index contributed by atoms with van der Waals surface area (Å²) in [6.45, 7) is 26.1. The zero-order valence-electron chi connectivity index (χ0n) is 39.8. The maximum absolute atomic E-state index is 12.6. The molecule has 0 aliphatic rings. The van der Waals surface area contributed by atoms with Crippen molar-refractivity contribution in [2.75, 3.05) is 0 Å². The van der Waals surface area contributed by atoms with Crippen LogP contribution in [0.2, 0.25) is 0 Å². The molecule has 324 valence electrons. The van der Waals surface area contributed by atoms with Crippen molar-refractivity contribution in [3.8, 4) is 67.5 Å². The van der Waals surface area contributed by atoms with Crippen LogP contribution in [0.3, 0.4) is 0 Å². The summed E-state index contributed by atoms with van der Waals surface area (Å²) >= 11 is 0. The number of benzene rings is 6. The topological polar surface area (TPSA) is 50.9 Å². The summed E-state index contributed by atoms with van der Waals surface area (Å²) in [5.74, 6) is 0.598. The van der Waals surface area contributed by atoms with Gasteiger partial charge in [-0.05, 0) is 79.8 Å². The van der Waals surface area contributed by atoms with Gasteiger partial charge in [0.1, 0.15) is 11.6 Å². The Bertz CT molecular complexity index is 2960. The minimum absolute atomic E-state index is 0. The van der Waals surface area contributed by atoms with Gasteiger partial charge in [0.05, 0.1) is 23.7 Å². The molecule has 63 heavy (non-hydrogen) atoms. The fourth-order valence-corrected chi connectivity index (χ4v) is 8.16. The number of nitrogens with zero attached hydrogens (tertiary/aromatic N) is 3. The fraction of sp³-hybridized carbons (Fsp3) is 0.276. The summed E-state index contributed by atoms with van der Waals surface area (Å²) in [5, 5.41) is 12.6. The first-order chi connectivity index (χ1) is 29.6. The van der Waals surface area contributed by atoms with E-state index >= 15 is 0 Å². The molecule has 6 aromatic carbocycles. The molecule has 2 aromatic heterocycles. The zero-order chi connectivity index (χ0) is 45.2. The summed E-state index contributed by atoms with van der Waals surface area (Å²) in [6.07, 6.45) is 1.88. The second-order valence-corrected chi connectivity index (χ2v) is 20.9. The summed E-state index contributed by atoms with van der Waals surface area (Å²) in [5.41, 5.74) is 13.7. The molecular formula is C58H60N3OPt-. The molecule has 0 spiro atoms. The molecule has 0 aliphatic carbocycles. The van der Waals surface area contributed by atoms with Crippen LogP contribution in [0.1, 0.15) is 107 Å². The molecule has 4 nitrogen and oxygen atoms in total. The third-order valence-electron chi connectivity index (χ3n) is 11.9. The van der Waals surface area contributed by atoms with Crippen molar-refractivity contribution in [2.45, 2.75) is 105 Å². The van der Waals surface area contributed by atoms with Gasteiger partial charge in [-0.1, -0.05) is 185 Å². The van der Waals surface area contributed by atoms with E-state index in [0.717, 1.165) is 78.0 Å². The molecule has 1 N–H and O–H groups in total. The van der Waals surface area contributed by atoms with E-state index in [9.17, 15) is 6.48 Å². The van der Waals surface area contributed by atoms with Crippen LogP contribution >= 0.6 is 0 Å². The zero-order valence-corrected chi connectivity index (χ0v) is 41.1. The SMILES string of the molecule is [2H]c1c(C(C)(C)C)cc(C(C)(C)C)c(O)c1-c1nc2c(-c3[c-]c(-c4cc(-c5ccccc5)ccn4)cc(C(C)(C)C)c3)cccc2n1-c1ccc(C(C)(C)C)cc1-c1ccccc1.[Pt]. The summed E-state index contributed by atoms with van der Waals surface area (Å²) in [7, 11) is 0. The largest absolute Gasteiger partial charge is 0.507 e. The number of rotatable bonds is 6. The number of pyridine rings is 1. The van der Waals surface area contributed by atoms with Crippen LogP contribution in [-0.2, 0) is 42.7 Å². The Morgan fingerprint density at radius 3 is 1.78 bits per heavy atom. The molecule has 0 amide bonds. The van der Waals surface area contributed by atoms with Crippen molar-refractivity contribution >= 4 is 11.0 Å². The van der Waals surface area contributed by atoms with Gasteiger partial charge in [-0.25, -0.2) is 4.98 Å². The van der Waals surface area contributed by atoms with E-state index < -0.39 is 5.41 Å². The van der Waals surface area contributed by atoms with Gasteiger partial charge in [-0.15, -0.1) is 29.3 Å². The number of phenolic OH excluding ortho intramolecular Hbond substituents is 1. The van der Waals surface area contributed by atoms with Crippen LogP contribution in [-0.4, -0.2) is 19.6 Å². The second-order valence-electron chi connectivity index (χ2n) is 20.9. The Labute approximate surface area is 391 Å². The van der Waals surface area contributed by atoms with Gasteiger partial charge in [0, 0.05) is 44.1 Å². The minimum atomic E-state index is -0.414. The summed E-state index contributed by atoms with van der Waals surface area (Å²) in [6, 6.07) is 48.6. The predicted molar refractivity (Wildman–Crippen MR) is 261 cm³/mol. The first kappa shape index (κ1) is 44.1. The van der Waals surface area contributed by atoms with Gasteiger partial charge >= 0.3 is 0 Å². The Morgan fingerprint density at radius 2 is 1.16 bits per heavy atom. The van der Waals surface area contributed by atoms with E-state index in [2.05, 4.69) is 203 Å². The van der Waals surface area contributed by atoms with Crippen molar-refractivity contribution in [2.24, 2.45) is 0 Å². The van der Waals surface area contributed by atoms with E-state index in [-0.39, 0.29) is 49.1 Å². The number of fused-ring (bicyclic) bond motifs is 1. The number of hydrogen-bond acceptors (Lipinski definition) is 3. The third kappa shape index (κ3) is 9.11. The smallest absolute Gasteiger partial charge is 0.148 e. The Balaban J connectivity index is 0.00000612. The second kappa shape index (κ2) is 16.9. The molecule has 8 aromatic rings. The van der Waals surface area contributed by atoms with Crippen molar-refractivity contribution in [1.82, 2.24) is 14.5 Å². The quantitative estimate of drug-likeness (QED) is 0.169. The number of aromatic hydroxyl groups is 1. The maximum Gasteiger partial charge on any atom is 0.148 e. The number of para-hydroxylation sites is 1. The number of hydrogen-bond donors (Lipinski definition) is 1. The molecule has 0 saturated carbocycles. The van der Waals surface area contributed by atoms with Gasteiger partial charge in [0.2, 0.25) is 0 Å². The van der Waals surface area contributed by atoms with E-state index in [0.29, 0.717) is 11.4 Å². The summed E-state index contributed by atoms with van der Waals surface area (Å²) in [4.78, 5) is 10.5.